The lowest BCUT2D eigenvalue weighted by Gasteiger charge is -2.24. The summed E-state index contributed by atoms with van der Waals surface area (Å²) in [6, 6.07) is 13.7. The van der Waals surface area contributed by atoms with E-state index < -0.39 is 234 Å². The van der Waals surface area contributed by atoms with Crippen LogP contribution in [-0.2, 0) is 61.8 Å². The highest BCUT2D eigenvalue weighted by atomic mass is 19.4. The van der Waals surface area contributed by atoms with E-state index in [0.717, 1.165) is 53.1 Å². The zero-order chi connectivity index (χ0) is 76.3. The maximum atomic E-state index is 15.6. The number of alkyl halides is 30. The minimum absolute atomic E-state index is 0.132. The molecule has 0 radical (unpaired) electrons. The van der Waals surface area contributed by atoms with E-state index in [1.54, 1.807) is 6.07 Å². The van der Waals surface area contributed by atoms with Crippen molar-refractivity contribution in [1.82, 2.24) is 9.13 Å². The normalized spacial score (nSPS) is 13.5. The maximum Gasteiger partial charge on any atom is 0.417 e. The summed E-state index contributed by atoms with van der Waals surface area (Å²) in [5, 5.41) is 9.48. The number of benzene rings is 10. The molecule has 33 heteroatoms. The van der Waals surface area contributed by atoms with Crippen molar-refractivity contribution in [3.05, 3.63) is 237 Å². The van der Waals surface area contributed by atoms with E-state index in [9.17, 15) is 111 Å². The smallest absolute Gasteiger partial charge is 0.308 e. The molecule has 104 heavy (non-hydrogen) atoms. The van der Waals surface area contributed by atoms with Gasteiger partial charge in [0.1, 0.15) is 11.6 Å². The third-order valence-corrected chi connectivity index (χ3v) is 17.1. The topological polar surface area (TPSA) is 33.6 Å². The summed E-state index contributed by atoms with van der Waals surface area (Å²) in [6.45, 7) is 0. The molecule has 0 aliphatic rings. The molecule has 538 valence electrons. The summed E-state index contributed by atoms with van der Waals surface area (Å²) in [5.74, 6) is 0. The molecule has 0 spiro atoms. The fourth-order valence-electron chi connectivity index (χ4n) is 12.7. The van der Waals surface area contributed by atoms with E-state index in [-0.39, 0.29) is 60.7 Å². The largest absolute Gasteiger partial charge is 0.417 e. The SMILES string of the molecule is N#Cc1c(-n2c3ccc(-c4ccc(C(F)(F)F)cc4C(F)(F)F)cc3c3cc(-c4ccc(C(F)(F)F)cc4C(F)(F)F)ccc32)ccc(-c2c(C(F)(F)F)cccc2C(F)(F)F)c1-n1c2ccc(-c3ccc(C(F)(F)F)cc3C(F)(F)F)cc2c2cc(-c3ccc(C(F)(F)F)cc3C(F)(F)F)ccc21. The number of hydrogen-bond acceptors (Lipinski definition) is 1. The first-order valence-corrected chi connectivity index (χ1v) is 29.0. The van der Waals surface area contributed by atoms with Crippen LogP contribution in [0.3, 0.4) is 0 Å². The second-order valence-electron chi connectivity index (χ2n) is 23.3. The lowest BCUT2D eigenvalue weighted by molar-refractivity contribution is -0.144. The molecule has 0 amide bonds. The molecule has 10 aromatic carbocycles. The molecule has 0 N–H and O–H groups in total. The molecule has 0 aliphatic heterocycles. The van der Waals surface area contributed by atoms with Crippen LogP contribution in [0.1, 0.15) is 61.2 Å². The predicted molar refractivity (Wildman–Crippen MR) is 317 cm³/mol. The quantitative estimate of drug-likeness (QED) is 0.146. The number of nitriles is 1. The van der Waals surface area contributed by atoms with Crippen LogP contribution in [0.25, 0.3) is 111 Å². The van der Waals surface area contributed by atoms with Crippen LogP contribution in [0.4, 0.5) is 132 Å². The van der Waals surface area contributed by atoms with Crippen LogP contribution in [0.5, 0.6) is 0 Å². The standard InChI is InChI=1S/C71H29F30N3/c72-62(73,74)35-8-12-39(51(26-35)68(90,91)92)31-4-17-55-44(22-31)45-23-32(40-13-9-36(63(75,76)77)27-52(40)69(93,94)95)5-18-56(45)103(55)59-21-16-43(60-49(66(84,85)86)2-1-3-50(60)67(87,88)89)61(48(59)30-102)104-57-19-6-33(41-14-10-37(64(78,79)80)28-53(41)70(96,97)98)24-46(57)47-25-34(7-20-58(47)104)42-15-11-38(65(81,82)83)29-54(42)71(99,100)101/h1-29H. The maximum absolute atomic E-state index is 15.6. The van der Waals surface area contributed by atoms with Crippen LogP contribution >= 0.6 is 0 Å². The first-order chi connectivity index (χ1) is 47.9. The van der Waals surface area contributed by atoms with Crippen molar-refractivity contribution < 1.29 is 132 Å². The van der Waals surface area contributed by atoms with Crippen LogP contribution < -0.4 is 0 Å². The monoisotopic (exact) mass is 1490 g/mol. The van der Waals surface area contributed by atoms with Gasteiger partial charge in [-0.3, -0.25) is 0 Å². The van der Waals surface area contributed by atoms with Gasteiger partial charge in [-0.25, -0.2) is 0 Å². The van der Waals surface area contributed by atoms with Gasteiger partial charge in [-0.05, 0) is 160 Å². The molecule has 0 unspecified atom stereocenters. The molecule has 12 aromatic rings. The van der Waals surface area contributed by atoms with Gasteiger partial charge in [0, 0.05) is 32.7 Å². The first kappa shape index (κ1) is 73.0. The van der Waals surface area contributed by atoms with Crippen molar-refractivity contribution in [2.24, 2.45) is 0 Å². The summed E-state index contributed by atoms with van der Waals surface area (Å²) >= 11 is 0. The fourth-order valence-corrected chi connectivity index (χ4v) is 12.7. The second-order valence-corrected chi connectivity index (χ2v) is 23.3. The van der Waals surface area contributed by atoms with Gasteiger partial charge in [0.05, 0.1) is 89.1 Å². The molecule has 0 atom stereocenters. The molecule has 3 nitrogen and oxygen atoms in total. The summed E-state index contributed by atoms with van der Waals surface area (Å²) in [7, 11) is 0. The minimum Gasteiger partial charge on any atom is -0.308 e. The first-order valence-electron chi connectivity index (χ1n) is 29.0. The Morgan fingerprint density at radius 2 is 0.490 bits per heavy atom. The van der Waals surface area contributed by atoms with E-state index in [4.69, 9.17) is 0 Å². The summed E-state index contributed by atoms with van der Waals surface area (Å²) in [6.07, 6.45) is -56.0. The molecular formula is C71H29F30N3. The van der Waals surface area contributed by atoms with E-state index in [1.165, 1.54) is 0 Å². The number of halogens is 30. The van der Waals surface area contributed by atoms with E-state index in [1.807, 2.05) is 0 Å². The van der Waals surface area contributed by atoms with Gasteiger partial charge in [-0.15, -0.1) is 0 Å². The molecule has 12 rings (SSSR count). The van der Waals surface area contributed by atoms with Crippen molar-refractivity contribution in [1.29, 1.82) is 5.26 Å². The number of nitrogens with zero attached hydrogens (tertiary/aromatic N) is 3. The number of hydrogen-bond donors (Lipinski definition) is 0. The van der Waals surface area contributed by atoms with E-state index >= 15 is 26.3 Å². The Morgan fingerprint density at radius 1 is 0.240 bits per heavy atom. The third-order valence-electron chi connectivity index (χ3n) is 17.1. The van der Waals surface area contributed by atoms with Crippen LogP contribution in [0.2, 0.25) is 0 Å². The van der Waals surface area contributed by atoms with Gasteiger partial charge in [0.15, 0.2) is 0 Å². The minimum atomic E-state index is -5.85. The number of fused-ring (bicyclic) bond motifs is 6. The average Bonchev–Trinajstić information content (AvgIpc) is 1.43. The number of aromatic nitrogens is 2. The van der Waals surface area contributed by atoms with Gasteiger partial charge >= 0.3 is 61.8 Å². The summed E-state index contributed by atoms with van der Waals surface area (Å²) in [4.78, 5) is 0. The summed E-state index contributed by atoms with van der Waals surface area (Å²) < 4.78 is 443. The Kier molecular flexibility index (Phi) is 16.9. The van der Waals surface area contributed by atoms with Crippen molar-refractivity contribution in [3.8, 4) is 73.1 Å². The molecule has 0 saturated heterocycles. The Morgan fingerprint density at radius 3 is 0.731 bits per heavy atom. The zero-order valence-electron chi connectivity index (χ0n) is 50.4. The van der Waals surface area contributed by atoms with Gasteiger partial charge < -0.3 is 9.13 Å². The highest BCUT2D eigenvalue weighted by Gasteiger charge is 2.46. The molecule has 2 aromatic heterocycles. The third kappa shape index (κ3) is 13.1. The van der Waals surface area contributed by atoms with Crippen LogP contribution in [0.15, 0.2) is 176 Å². The van der Waals surface area contributed by atoms with E-state index in [2.05, 4.69) is 0 Å². The van der Waals surface area contributed by atoms with Gasteiger partial charge in [-0.2, -0.15) is 137 Å². The highest BCUT2D eigenvalue weighted by Crippen LogP contribution is 2.53. The second kappa shape index (κ2) is 24.1. The fraction of sp³-hybridized carbons (Fsp3) is 0.141. The van der Waals surface area contributed by atoms with Crippen LogP contribution in [0, 0.1) is 11.3 Å². The molecule has 0 bridgehead atoms. The molecular weight excluding hydrogens is 1460 g/mol. The lowest BCUT2D eigenvalue weighted by Crippen LogP contribution is -2.16. The molecule has 2 heterocycles. The van der Waals surface area contributed by atoms with Crippen LogP contribution in [-0.4, -0.2) is 9.13 Å². The van der Waals surface area contributed by atoms with E-state index in [0.29, 0.717) is 71.3 Å². The van der Waals surface area contributed by atoms with Gasteiger partial charge in [0.25, 0.3) is 0 Å². The highest BCUT2D eigenvalue weighted by molar-refractivity contribution is 6.14. The lowest BCUT2D eigenvalue weighted by atomic mass is 9.90. The zero-order valence-corrected chi connectivity index (χ0v) is 50.4. The Hall–Kier alpha value is -10.8. The molecule has 0 saturated carbocycles. The van der Waals surface area contributed by atoms with Crippen molar-refractivity contribution in [2.75, 3.05) is 0 Å². The Balaban J connectivity index is 1.26. The van der Waals surface area contributed by atoms with Gasteiger partial charge in [0.2, 0.25) is 0 Å². The Labute approximate surface area is 560 Å². The molecule has 0 fully saturated rings. The predicted octanol–water partition coefficient (Wildman–Crippen LogP) is 26.3. The van der Waals surface area contributed by atoms with Gasteiger partial charge in [-0.1, -0.05) is 60.7 Å². The number of rotatable bonds is 7. The van der Waals surface area contributed by atoms with Crippen molar-refractivity contribution >= 4 is 43.6 Å². The van der Waals surface area contributed by atoms with Crippen molar-refractivity contribution in [2.45, 2.75) is 61.8 Å². The average molecular weight is 1490 g/mol. The van der Waals surface area contributed by atoms with Crippen molar-refractivity contribution in [3.63, 3.8) is 0 Å². The Bertz CT molecular complexity index is 5230. The molecule has 0 aliphatic carbocycles. The summed E-state index contributed by atoms with van der Waals surface area (Å²) in [5.41, 5.74) is -35.2.